The van der Waals surface area contributed by atoms with E-state index in [9.17, 15) is 0 Å². The summed E-state index contributed by atoms with van der Waals surface area (Å²) in [6.07, 6.45) is 8.79. The zero-order valence-corrected chi connectivity index (χ0v) is 11.8. The Morgan fingerprint density at radius 2 is 1.82 bits per heavy atom. The van der Waals surface area contributed by atoms with Crippen molar-refractivity contribution in [3.8, 4) is 0 Å². The van der Waals surface area contributed by atoms with E-state index >= 15 is 0 Å². The smallest absolute Gasteiger partial charge is 0.0223 e. The molecule has 0 saturated heterocycles. The Kier molecular flexibility index (Phi) is 5.30. The molecule has 1 N–H and O–H groups in total. The molecule has 2 rings (SSSR count). The van der Waals surface area contributed by atoms with Crippen LogP contribution in [-0.2, 0) is 0 Å². The second kappa shape index (κ2) is 6.75. The van der Waals surface area contributed by atoms with E-state index in [2.05, 4.69) is 24.1 Å². The normalized spacial score (nSPS) is 23.5. The minimum Gasteiger partial charge on any atom is -0.313 e. The van der Waals surface area contributed by atoms with Crippen LogP contribution in [0.3, 0.4) is 0 Å². The molecular weight excluding hydrogens is 208 g/mol. The molecule has 0 aliphatic heterocycles. The fourth-order valence-electron chi connectivity index (χ4n) is 3.28. The molecule has 1 unspecified atom stereocenters. The molecule has 2 heteroatoms. The van der Waals surface area contributed by atoms with Gasteiger partial charge in [-0.05, 0) is 50.6 Å². The molecule has 0 aromatic carbocycles. The Morgan fingerprint density at radius 1 is 1.12 bits per heavy atom. The van der Waals surface area contributed by atoms with Gasteiger partial charge in [0.2, 0.25) is 0 Å². The third-order valence-corrected chi connectivity index (χ3v) is 4.55. The summed E-state index contributed by atoms with van der Waals surface area (Å²) in [4.78, 5) is 2.68. The first-order valence-electron chi connectivity index (χ1n) is 7.79. The number of hydrogen-bond acceptors (Lipinski definition) is 2. The summed E-state index contributed by atoms with van der Waals surface area (Å²) < 4.78 is 0. The maximum atomic E-state index is 3.74. The maximum absolute atomic E-state index is 3.74. The zero-order chi connectivity index (χ0) is 12.1. The van der Waals surface area contributed by atoms with Crippen LogP contribution in [-0.4, -0.2) is 37.1 Å². The van der Waals surface area contributed by atoms with Crippen LogP contribution in [0.15, 0.2) is 0 Å². The second-order valence-electron chi connectivity index (χ2n) is 6.00. The van der Waals surface area contributed by atoms with Gasteiger partial charge in [0.1, 0.15) is 0 Å². The van der Waals surface area contributed by atoms with Crippen molar-refractivity contribution in [2.24, 2.45) is 11.8 Å². The summed E-state index contributed by atoms with van der Waals surface area (Å²) in [6, 6.07) is 0.751. The molecule has 2 saturated carbocycles. The number of hydrogen-bond donors (Lipinski definition) is 1. The van der Waals surface area contributed by atoms with Crippen LogP contribution in [0.2, 0.25) is 0 Å². The van der Waals surface area contributed by atoms with E-state index < -0.39 is 0 Å². The molecule has 0 aromatic rings. The molecule has 0 heterocycles. The van der Waals surface area contributed by atoms with Gasteiger partial charge in [-0.15, -0.1) is 0 Å². The molecule has 0 radical (unpaired) electrons. The van der Waals surface area contributed by atoms with E-state index in [1.165, 1.54) is 58.2 Å². The third-order valence-electron chi connectivity index (χ3n) is 4.55. The van der Waals surface area contributed by atoms with Gasteiger partial charge in [-0.1, -0.05) is 26.7 Å². The Morgan fingerprint density at radius 3 is 2.35 bits per heavy atom. The van der Waals surface area contributed by atoms with Gasteiger partial charge in [0.15, 0.2) is 0 Å². The number of nitrogens with zero attached hydrogens (tertiary/aromatic N) is 1. The van der Waals surface area contributed by atoms with E-state index in [-0.39, 0.29) is 0 Å². The van der Waals surface area contributed by atoms with Gasteiger partial charge in [0, 0.05) is 19.1 Å². The van der Waals surface area contributed by atoms with Gasteiger partial charge in [-0.3, -0.25) is 0 Å². The van der Waals surface area contributed by atoms with Crippen LogP contribution in [0.1, 0.15) is 52.4 Å². The topological polar surface area (TPSA) is 15.3 Å². The van der Waals surface area contributed by atoms with Crippen molar-refractivity contribution in [1.82, 2.24) is 10.2 Å². The van der Waals surface area contributed by atoms with Gasteiger partial charge >= 0.3 is 0 Å². The maximum Gasteiger partial charge on any atom is 0.0223 e. The predicted molar refractivity (Wildman–Crippen MR) is 74.3 cm³/mol. The average Bonchev–Trinajstić information content (AvgIpc) is 2.98. The standard InChI is InChI=1S/C15H30N2/c1-3-16-15(14-7-5-6-8-14)12-17(4-2)11-13-9-10-13/h13-16H,3-12H2,1-2H3. The highest BCUT2D eigenvalue weighted by Gasteiger charge is 2.28. The molecule has 0 amide bonds. The highest BCUT2D eigenvalue weighted by Crippen LogP contribution is 2.31. The van der Waals surface area contributed by atoms with Crippen LogP contribution in [0.5, 0.6) is 0 Å². The van der Waals surface area contributed by atoms with E-state index in [1.54, 1.807) is 0 Å². The van der Waals surface area contributed by atoms with Crippen molar-refractivity contribution in [3.63, 3.8) is 0 Å². The molecule has 0 aromatic heterocycles. The third kappa shape index (κ3) is 4.26. The Labute approximate surface area is 107 Å². The monoisotopic (exact) mass is 238 g/mol. The number of rotatable bonds is 8. The molecule has 1 atom stereocenters. The molecule has 0 bridgehead atoms. The quantitative estimate of drug-likeness (QED) is 0.699. The van der Waals surface area contributed by atoms with Crippen LogP contribution in [0.4, 0.5) is 0 Å². The fraction of sp³-hybridized carbons (Fsp3) is 1.00. The number of likely N-dealkylation sites (N-methyl/N-ethyl adjacent to an activating group) is 2. The van der Waals surface area contributed by atoms with Gasteiger partial charge in [-0.2, -0.15) is 0 Å². The van der Waals surface area contributed by atoms with Gasteiger partial charge < -0.3 is 10.2 Å². The molecule has 17 heavy (non-hydrogen) atoms. The van der Waals surface area contributed by atoms with Crippen molar-refractivity contribution in [1.29, 1.82) is 0 Å². The minimum atomic E-state index is 0.751. The van der Waals surface area contributed by atoms with Crippen molar-refractivity contribution in [2.75, 3.05) is 26.2 Å². The minimum absolute atomic E-state index is 0.751. The van der Waals surface area contributed by atoms with E-state index in [1.807, 2.05) is 0 Å². The lowest BCUT2D eigenvalue weighted by atomic mass is 9.97. The summed E-state index contributed by atoms with van der Waals surface area (Å²) in [5, 5.41) is 3.74. The largest absolute Gasteiger partial charge is 0.313 e. The lowest BCUT2D eigenvalue weighted by Gasteiger charge is -2.31. The van der Waals surface area contributed by atoms with Crippen LogP contribution in [0, 0.1) is 11.8 Å². The summed E-state index contributed by atoms with van der Waals surface area (Å²) >= 11 is 0. The average molecular weight is 238 g/mol. The van der Waals surface area contributed by atoms with Crippen molar-refractivity contribution in [2.45, 2.75) is 58.4 Å². The number of nitrogens with one attached hydrogen (secondary N) is 1. The van der Waals surface area contributed by atoms with Crippen molar-refractivity contribution >= 4 is 0 Å². The van der Waals surface area contributed by atoms with Crippen LogP contribution in [0.25, 0.3) is 0 Å². The zero-order valence-electron chi connectivity index (χ0n) is 11.8. The first-order chi connectivity index (χ1) is 8.33. The van der Waals surface area contributed by atoms with Gasteiger partial charge in [-0.25, -0.2) is 0 Å². The molecular formula is C15H30N2. The van der Waals surface area contributed by atoms with E-state index in [0.29, 0.717) is 0 Å². The Bertz CT molecular complexity index is 207. The molecule has 2 nitrogen and oxygen atoms in total. The Balaban J connectivity index is 1.80. The van der Waals surface area contributed by atoms with E-state index in [0.717, 1.165) is 24.4 Å². The molecule has 2 aliphatic rings. The summed E-state index contributed by atoms with van der Waals surface area (Å²) in [5.41, 5.74) is 0. The molecule has 0 spiro atoms. The summed E-state index contributed by atoms with van der Waals surface area (Å²) in [6.45, 7) is 9.56. The molecule has 100 valence electrons. The first kappa shape index (κ1) is 13.4. The van der Waals surface area contributed by atoms with Crippen molar-refractivity contribution < 1.29 is 0 Å². The van der Waals surface area contributed by atoms with E-state index in [4.69, 9.17) is 0 Å². The SMILES string of the molecule is CCNC(CN(CC)CC1CC1)C1CCCC1. The van der Waals surface area contributed by atoms with Crippen LogP contribution >= 0.6 is 0 Å². The lowest BCUT2D eigenvalue weighted by molar-refractivity contribution is 0.210. The lowest BCUT2D eigenvalue weighted by Crippen LogP contribution is -2.45. The Hall–Kier alpha value is -0.0800. The summed E-state index contributed by atoms with van der Waals surface area (Å²) in [7, 11) is 0. The van der Waals surface area contributed by atoms with Crippen molar-refractivity contribution in [3.05, 3.63) is 0 Å². The van der Waals surface area contributed by atoms with Gasteiger partial charge in [0.25, 0.3) is 0 Å². The summed E-state index contributed by atoms with van der Waals surface area (Å²) in [5.74, 6) is 1.98. The van der Waals surface area contributed by atoms with Gasteiger partial charge in [0.05, 0.1) is 0 Å². The molecule has 2 aliphatic carbocycles. The first-order valence-corrected chi connectivity index (χ1v) is 7.79. The predicted octanol–water partition coefficient (Wildman–Crippen LogP) is 2.89. The highest BCUT2D eigenvalue weighted by atomic mass is 15.2. The fourth-order valence-corrected chi connectivity index (χ4v) is 3.28. The van der Waals surface area contributed by atoms with Crippen LogP contribution < -0.4 is 5.32 Å². The molecule has 2 fully saturated rings. The highest BCUT2D eigenvalue weighted by molar-refractivity contribution is 4.85. The second-order valence-corrected chi connectivity index (χ2v) is 6.00.